The molecule has 112 valence electrons. The van der Waals surface area contributed by atoms with Crippen molar-refractivity contribution in [1.82, 2.24) is 0 Å². The van der Waals surface area contributed by atoms with Crippen LogP contribution in [0.2, 0.25) is 0 Å². The summed E-state index contributed by atoms with van der Waals surface area (Å²) in [7, 11) is 1.38. The van der Waals surface area contributed by atoms with E-state index in [0.29, 0.717) is 19.1 Å². The number of aldehydes is 1. The van der Waals surface area contributed by atoms with Gasteiger partial charge in [0, 0.05) is 18.9 Å². The number of ketones is 1. The number of carbonyl (C=O) groups is 2. The van der Waals surface area contributed by atoms with Crippen molar-refractivity contribution in [2.24, 2.45) is 0 Å². The summed E-state index contributed by atoms with van der Waals surface area (Å²) >= 11 is 0. The number of rotatable bonds is 5. The average molecular weight is 293 g/mol. The molecule has 1 fully saturated rings. The van der Waals surface area contributed by atoms with E-state index in [1.54, 1.807) is 0 Å². The standard InChI is InChI=1S/C14H15NO6/c1-20-13-5-9(8-16)12(15(18)19)7-14(13)21-11-4-2-3-10(17)6-11/h5,7-8,11H,2-4,6H2,1H3. The molecule has 0 amide bonds. The van der Waals surface area contributed by atoms with E-state index in [-0.39, 0.29) is 41.1 Å². The van der Waals surface area contributed by atoms with Crippen LogP contribution in [0.4, 0.5) is 5.69 Å². The second kappa shape index (κ2) is 6.34. The molecule has 1 unspecified atom stereocenters. The lowest BCUT2D eigenvalue weighted by Gasteiger charge is -2.23. The normalized spacial score (nSPS) is 18.1. The molecule has 0 N–H and O–H groups in total. The Hall–Kier alpha value is -2.44. The Kier molecular flexibility index (Phi) is 4.52. The number of nitro benzene ring substituents is 1. The Morgan fingerprint density at radius 3 is 2.71 bits per heavy atom. The molecule has 21 heavy (non-hydrogen) atoms. The summed E-state index contributed by atoms with van der Waals surface area (Å²) in [6.45, 7) is 0. The molecule has 1 aromatic carbocycles. The van der Waals surface area contributed by atoms with Gasteiger partial charge in [-0.2, -0.15) is 0 Å². The quantitative estimate of drug-likeness (QED) is 0.469. The number of nitro groups is 1. The maximum atomic E-state index is 11.4. The molecule has 1 atom stereocenters. The second-order valence-electron chi connectivity index (χ2n) is 4.81. The van der Waals surface area contributed by atoms with Gasteiger partial charge in [-0.15, -0.1) is 0 Å². The smallest absolute Gasteiger partial charge is 0.283 e. The zero-order chi connectivity index (χ0) is 15.4. The minimum absolute atomic E-state index is 0.0797. The minimum Gasteiger partial charge on any atom is -0.493 e. The van der Waals surface area contributed by atoms with Gasteiger partial charge in [0.05, 0.1) is 23.7 Å². The van der Waals surface area contributed by atoms with Crippen molar-refractivity contribution in [3.63, 3.8) is 0 Å². The first-order valence-electron chi connectivity index (χ1n) is 6.55. The van der Waals surface area contributed by atoms with Crippen LogP contribution in [0.1, 0.15) is 36.0 Å². The summed E-state index contributed by atoms with van der Waals surface area (Å²) in [4.78, 5) is 32.6. The Balaban J connectivity index is 2.32. The van der Waals surface area contributed by atoms with Gasteiger partial charge in [-0.05, 0) is 12.8 Å². The van der Waals surface area contributed by atoms with Gasteiger partial charge in [-0.3, -0.25) is 19.7 Å². The first kappa shape index (κ1) is 15.0. The molecule has 1 aliphatic carbocycles. The molecule has 0 heterocycles. The lowest BCUT2D eigenvalue weighted by atomic mass is 9.96. The average Bonchev–Trinajstić information content (AvgIpc) is 2.46. The van der Waals surface area contributed by atoms with E-state index in [0.717, 1.165) is 6.42 Å². The Morgan fingerprint density at radius 1 is 1.38 bits per heavy atom. The van der Waals surface area contributed by atoms with E-state index in [1.807, 2.05) is 0 Å². The molecule has 0 saturated heterocycles. The lowest BCUT2D eigenvalue weighted by molar-refractivity contribution is -0.385. The molecular weight excluding hydrogens is 278 g/mol. The van der Waals surface area contributed by atoms with Gasteiger partial charge >= 0.3 is 0 Å². The van der Waals surface area contributed by atoms with E-state index in [9.17, 15) is 19.7 Å². The largest absolute Gasteiger partial charge is 0.493 e. The summed E-state index contributed by atoms with van der Waals surface area (Å²) in [6.07, 6.45) is 2.35. The molecule has 2 rings (SSSR count). The third kappa shape index (κ3) is 3.36. The van der Waals surface area contributed by atoms with Crippen LogP contribution in [-0.2, 0) is 4.79 Å². The number of methoxy groups -OCH3 is 1. The molecule has 0 bridgehead atoms. The SMILES string of the molecule is COc1cc(C=O)c([N+](=O)[O-])cc1OC1CCCC(=O)C1. The number of hydrogen-bond donors (Lipinski definition) is 0. The number of Topliss-reactive ketones (excluding diaryl/α,β-unsaturated/α-hetero) is 1. The Bertz CT molecular complexity index is 583. The van der Waals surface area contributed by atoms with Gasteiger partial charge in [-0.1, -0.05) is 0 Å². The van der Waals surface area contributed by atoms with Crippen molar-refractivity contribution >= 4 is 17.8 Å². The molecule has 7 heteroatoms. The summed E-state index contributed by atoms with van der Waals surface area (Å²) in [6, 6.07) is 2.44. The van der Waals surface area contributed by atoms with Gasteiger partial charge < -0.3 is 9.47 Å². The highest BCUT2D eigenvalue weighted by Crippen LogP contribution is 2.36. The Morgan fingerprint density at radius 2 is 2.14 bits per heavy atom. The van der Waals surface area contributed by atoms with Crippen LogP contribution in [0.3, 0.4) is 0 Å². The van der Waals surface area contributed by atoms with Crippen molar-refractivity contribution < 1.29 is 24.0 Å². The summed E-state index contributed by atoms with van der Waals surface area (Å²) in [5, 5.41) is 11.0. The van der Waals surface area contributed by atoms with E-state index >= 15 is 0 Å². The van der Waals surface area contributed by atoms with E-state index < -0.39 is 4.92 Å². The summed E-state index contributed by atoms with van der Waals surface area (Å²) in [5.41, 5.74) is -0.424. The van der Waals surface area contributed by atoms with E-state index in [1.165, 1.54) is 19.2 Å². The van der Waals surface area contributed by atoms with Gasteiger partial charge in [-0.25, -0.2) is 0 Å². The van der Waals surface area contributed by atoms with Crippen LogP contribution in [0.25, 0.3) is 0 Å². The van der Waals surface area contributed by atoms with Crippen LogP contribution >= 0.6 is 0 Å². The number of carbonyl (C=O) groups excluding carboxylic acids is 2. The van der Waals surface area contributed by atoms with Crippen molar-refractivity contribution in [1.29, 1.82) is 0 Å². The second-order valence-corrected chi connectivity index (χ2v) is 4.81. The van der Waals surface area contributed by atoms with Crippen LogP contribution in [0, 0.1) is 10.1 Å². The molecule has 0 spiro atoms. The third-order valence-corrected chi connectivity index (χ3v) is 3.37. The summed E-state index contributed by atoms with van der Waals surface area (Å²) in [5.74, 6) is 0.527. The van der Waals surface area contributed by atoms with Crippen LogP contribution in [0.15, 0.2) is 12.1 Å². The first-order chi connectivity index (χ1) is 10.0. The predicted molar refractivity (Wildman–Crippen MR) is 72.9 cm³/mol. The highest BCUT2D eigenvalue weighted by molar-refractivity contribution is 5.83. The van der Waals surface area contributed by atoms with E-state index in [4.69, 9.17) is 9.47 Å². The fourth-order valence-electron chi connectivity index (χ4n) is 2.33. The van der Waals surface area contributed by atoms with Gasteiger partial charge in [0.15, 0.2) is 17.8 Å². The fourth-order valence-corrected chi connectivity index (χ4v) is 2.33. The zero-order valence-electron chi connectivity index (χ0n) is 11.5. The maximum Gasteiger partial charge on any atom is 0.283 e. The maximum absolute atomic E-state index is 11.4. The minimum atomic E-state index is -0.651. The van der Waals surface area contributed by atoms with Crippen molar-refractivity contribution in [2.45, 2.75) is 31.8 Å². The molecule has 1 aromatic rings. The van der Waals surface area contributed by atoms with Crippen molar-refractivity contribution in [3.05, 3.63) is 27.8 Å². The predicted octanol–water partition coefficient (Wildman–Crippen LogP) is 2.31. The zero-order valence-corrected chi connectivity index (χ0v) is 11.5. The number of benzene rings is 1. The topological polar surface area (TPSA) is 95.7 Å². The van der Waals surface area contributed by atoms with Crippen LogP contribution in [0.5, 0.6) is 11.5 Å². The van der Waals surface area contributed by atoms with Gasteiger partial charge in [0.25, 0.3) is 5.69 Å². The molecule has 0 aromatic heterocycles. The molecule has 1 aliphatic rings. The monoisotopic (exact) mass is 293 g/mol. The van der Waals surface area contributed by atoms with Gasteiger partial charge in [0.2, 0.25) is 0 Å². The van der Waals surface area contributed by atoms with Crippen molar-refractivity contribution in [2.75, 3.05) is 7.11 Å². The Labute approximate surface area is 121 Å². The highest BCUT2D eigenvalue weighted by Gasteiger charge is 2.25. The van der Waals surface area contributed by atoms with Gasteiger partial charge in [0.1, 0.15) is 11.9 Å². The molecule has 0 aliphatic heterocycles. The van der Waals surface area contributed by atoms with Crippen LogP contribution < -0.4 is 9.47 Å². The third-order valence-electron chi connectivity index (χ3n) is 3.37. The fraction of sp³-hybridized carbons (Fsp3) is 0.429. The molecule has 1 saturated carbocycles. The lowest BCUT2D eigenvalue weighted by Crippen LogP contribution is -2.25. The van der Waals surface area contributed by atoms with Crippen molar-refractivity contribution in [3.8, 4) is 11.5 Å². The first-order valence-corrected chi connectivity index (χ1v) is 6.55. The molecule has 0 radical (unpaired) electrons. The number of ether oxygens (including phenoxy) is 2. The van der Waals surface area contributed by atoms with Crippen LogP contribution in [-0.4, -0.2) is 30.2 Å². The number of nitrogens with zero attached hydrogens (tertiary/aromatic N) is 1. The van der Waals surface area contributed by atoms with E-state index in [2.05, 4.69) is 0 Å². The highest BCUT2D eigenvalue weighted by atomic mass is 16.6. The number of hydrogen-bond acceptors (Lipinski definition) is 6. The summed E-state index contributed by atoms with van der Waals surface area (Å²) < 4.78 is 10.8. The molecule has 7 nitrogen and oxygen atoms in total. The molecular formula is C14H15NO6.